The topological polar surface area (TPSA) is 48.7 Å². The van der Waals surface area contributed by atoms with Crippen molar-refractivity contribution >= 4 is 16.9 Å². The predicted molar refractivity (Wildman–Crippen MR) is 110 cm³/mol. The van der Waals surface area contributed by atoms with Gasteiger partial charge in [-0.15, -0.1) is 0 Å². The molecule has 164 valence electrons. The third-order valence-corrected chi connectivity index (χ3v) is 5.49. The molecule has 0 aliphatic heterocycles. The average Bonchev–Trinajstić information content (AvgIpc) is 3.32. The van der Waals surface area contributed by atoms with Gasteiger partial charge in [-0.2, -0.15) is 13.2 Å². The molecule has 7 heteroatoms. The van der Waals surface area contributed by atoms with E-state index in [1.807, 2.05) is 36.4 Å². The molecule has 3 unspecified atom stereocenters. The molecule has 0 amide bonds. The summed E-state index contributed by atoms with van der Waals surface area (Å²) in [5.74, 6) is -2.04. The monoisotopic (exact) mass is 432 g/mol. The maximum absolute atomic E-state index is 13.8. The number of alkyl halides is 3. The van der Waals surface area contributed by atoms with Crippen molar-refractivity contribution in [3.05, 3.63) is 54.6 Å². The summed E-state index contributed by atoms with van der Waals surface area (Å²) in [6, 6.07) is 16.4. The number of carbonyl (C=O) groups excluding carboxylic acids is 1. The predicted octanol–water partition coefficient (Wildman–Crippen LogP) is 6.39. The van der Waals surface area contributed by atoms with Crippen molar-refractivity contribution < 1.29 is 31.9 Å². The molecule has 4 rings (SSSR count). The summed E-state index contributed by atoms with van der Waals surface area (Å²) in [7, 11) is 0. The van der Waals surface area contributed by atoms with Gasteiger partial charge in [0.2, 0.25) is 0 Å². The van der Waals surface area contributed by atoms with Gasteiger partial charge in [0.1, 0.15) is 35.2 Å². The van der Waals surface area contributed by atoms with E-state index in [2.05, 4.69) is 0 Å². The Hall–Kier alpha value is -2.96. The van der Waals surface area contributed by atoms with Crippen LogP contribution in [0.3, 0.4) is 0 Å². The smallest absolute Gasteiger partial charge is 0.398 e. The van der Waals surface area contributed by atoms with Crippen LogP contribution in [0.5, 0.6) is 5.75 Å². The van der Waals surface area contributed by atoms with E-state index in [1.54, 1.807) is 32.0 Å². The van der Waals surface area contributed by atoms with Crippen molar-refractivity contribution in [3.63, 3.8) is 0 Å². The van der Waals surface area contributed by atoms with Gasteiger partial charge in [-0.3, -0.25) is 4.79 Å². The third kappa shape index (κ3) is 4.55. The highest BCUT2D eigenvalue weighted by molar-refractivity contribution is 5.84. The van der Waals surface area contributed by atoms with Crippen LogP contribution < -0.4 is 4.74 Å². The van der Waals surface area contributed by atoms with Gasteiger partial charge in [0.15, 0.2) is 0 Å². The van der Waals surface area contributed by atoms with Crippen LogP contribution in [-0.2, 0) is 9.53 Å². The number of benzene rings is 2. The zero-order valence-electron chi connectivity index (χ0n) is 17.2. The van der Waals surface area contributed by atoms with Crippen LogP contribution in [0, 0.1) is 11.8 Å². The van der Waals surface area contributed by atoms with Gasteiger partial charge in [0.25, 0.3) is 0 Å². The summed E-state index contributed by atoms with van der Waals surface area (Å²) < 4.78 is 58.1. The Kier molecular flexibility index (Phi) is 5.69. The first kappa shape index (κ1) is 21.3. The molecule has 2 aromatic carbocycles. The summed E-state index contributed by atoms with van der Waals surface area (Å²) in [5.41, 5.74) is 1.43. The Morgan fingerprint density at radius 3 is 2.42 bits per heavy atom. The molecule has 1 heterocycles. The fraction of sp³-hybridized carbons (Fsp3) is 0.375. The van der Waals surface area contributed by atoms with Gasteiger partial charge in [-0.1, -0.05) is 44.2 Å². The van der Waals surface area contributed by atoms with E-state index in [9.17, 15) is 18.0 Å². The number of hydrogen-bond acceptors (Lipinski definition) is 4. The van der Waals surface area contributed by atoms with E-state index in [0.717, 1.165) is 10.9 Å². The number of fused-ring (bicyclic) bond motifs is 1. The molecule has 0 N–H and O–H groups in total. The number of hydrogen-bond donors (Lipinski definition) is 0. The fourth-order valence-corrected chi connectivity index (χ4v) is 3.90. The van der Waals surface area contributed by atoms with Crippen molar-refractivity contribution in [1.82, 2.24) is 0 Å². The molecule has 4 nitrogen and oxygen atoms in total. The fourth-order valence-electron chi connectivity index (χ4n) is 3.90. The first-order valence-electron chi connectivity index (χ1n) is 10.3. The summed E-state index contributed by atoms with van der Waals surface area (Å²) in [6.45, 7) is 3.19. The Bertz CT molecular complexity index is 1060. The zero-order valence-corrected chi connectivity index (χ0v) is 17.2. The maximum atomic E-state index is 13.8. The van der Waals surface area contributed by atoms with E-state index in [-0.39, 0.29) is 18.6 Å². The number of carbonyl (C=O) groups is 1. The quantitative estimate of drug-likeness (QED) is 0.439. The minimum absolute atomic E-state index is 0.106. The molecule has 1 aromatic heterocycles. The summed E-state index contributed by atoms with van der Waals surface area (Å²) in [6.07, 6.45) is -6.67. The van der Waals surface area contributed by atoms with Crippen molar-refractivity contribution in [1.29, 1.82) is 0 Å². The SMILES string of the molecule is CC(C)C(=O)OC1CCC(Oc2ccc3cc(-c4ccccc4)oc3c2)C1C(F)(F)F. The second-order valence-corrected chi connectivity index (χ2v) is 8.11. The van der Waals surface area contributed by atoms with Gasteiger partial charge in [-0.25, -0.2) is 0 Å². The molecule has 0 bridgehead atoms. The van der Waals surface area contributed by atoms with Gasteiger partial charge in [0.05, 0.1) is 5.92 Å². The van der Waals surface area contributed by atoms with Crippen LogP contribution in [0.25, 0.3) is 22.3 Å². The molecule has 31 heavy (non-hydrogen) atoms. The molecule has 1 aliphatic carbocycles. The lowest BCUT2D eigenvalue weighted by Crippen LogP contribution is -2.41. The number of furan rings is 1. The minimum atomic E-state index is -4.54. The molecule has 3 atom stereocenters. The van der Waals surface area contributed by atoms with Crippen molar-refractivity contribution in [2.45, 2.75) is 45.1 Å². The zero-order chi connectivity index (χ0) is 22.2. The van der Waals surface area contributed by atoms with Crippen LogP contribution in [0.1, 0.15) is 26.7 Å². The molecule has 0 radical (unpaired) electrons. The highest BCUT2D eigenvalue weighted by Gasteiger charge is 2.55. The first-order chi connectivity index (χ1) is 14.7. The summed E-state index contributed by atoms with van der Waals surface area (Å²) in [5, 5.41) is 0.828. The van der Waals surface area contributed by atoms with E-state index in [1.165, 1.54) is 0 Å². The Balaban J connectivity index is 1.55. The van der Waals surface area contributed by atoms with Crippen LogP contribution in [0.15, 0.2) is 59.0 Å². The van der Waals surface area contributed by atoms with E-state index >= 15 is 0 Å². The number of halogens is 3. The minimum Gasteiger partial charge on any atom is -0.489 e. The lowest BCUT2D eigenvalue weighted by Gasteiger charge is -2.27. The lowest BCUT2D eigenvalue weighted by molar-refractivity contribution is -0.216. The number of esters is 1. The lowest BCUT2D eigenvalue weighted by atomic mass is 10.0. The Morgan fingerprint density at radius 2 is 1.74 bits per heavy atom. The standard InChI is InChI=1S/C24H23F3O4/c1-14(2)23(28)31-19-11-10-18(22(19)24(25,26)27)29-17-9-8-16-12-20(30-21(16)13-17)15-6-4-3-5-7-15/h3-9,12-14,18-19,22H,10-11H2,1-2H3. The molecule has 1 aliphatic rings. The van der Waals surface area contributed by atoms with Crippen LogP contribution in [0.4, 0.5) is 13.2 Å². The molecule has 1 saturated carbocycles. The summed E-state index contributed by atoms with van der Waals surface area (Å²) >= 11 is 0. The van der Waals surface area contributed by atoms with Crippen molar-refractivity contribution in [3.8, 4) is 17.1 Å². The van der Waals surface area contributed by atoms with Gasteiger partial charge in [-0.05, 0) is 31.0 Å². The van der Waals surface area contributed by atoms with E-state index < -0.39 is 36.2 Å². The number of rotatable bonds is 5. The highest BCUT2D eigenvalue weighted by atomic mass is 19.4. The molecular weight excluding hydrogens is 409 g/mol. The normalized spacial score (nSPS) is 21.5. The third-order valence-electron chi connectivity index (χ3n) is 5.49. The van der Waals surface area contributed by atoms with E-state index in [0.29, 0.717) is 11.3 Å². The first-order valence-corrected chi connectivity index (χ1v) is 10.3. The molecule has 0 saturated heterocycles. The highest BCUT2D eigenvalue weighted by Crippen LogP contribution is 2.43. The molecular formula is C24H23F3O4. The maximum Gasteiger partial charge on any atom is 0.398 e. The second kappa shape index (κ2) is 8.29. The Labute approximate surface area is 177 Å². The van der Waals surface area contributed by atoms with Gasteiger partial charge < -0.3 is 13.9 Å². The van der Waals surface area contributed by atoms with Crippen molar-refractivity contribution in [2.24, 2.45) is 11.8 Å². The van der Waals surface area contributed by atoms with Crippen LogP contribution >= 0.6 is 0 Å². The average molecular weight is 432 g/mol. The Morgan fingerprint density at radius 1 is 1.03 bits per heavy atom. The van der Waals surface area contributed by atoms with Crippen molar-refractivity contribution in [2.75, 3.05) is 0 Å². The van der Waals surface area contributed by atoms with Crippen LogP contribution in [0.2, 0.25) is 0 Å². The van der Waals surface area contributed by atoms with Crippen LogP contribution in [-0.4, -0.2) is 24.4 Å². The largest absolute Gasteiger partial charge is 0.489 e. The van der Waals surface area contributed by atoms with Gasteiger partial charge >= 0.3 is 12.1 Å². The molecule has 3 aromatic rings. The molecule has 1 fully saturated rings. The molecule has 0 spiro atoms. The number of ether oxygens (including phenoxy) is 2. The summed E-state index contributed by atoms with van der Waals surface area (Å²) in [4.78, 5) is 11.9. The van der Waals surface area contributed by atoms with Gasteiger partial charge in [0, 0.05) is 17.0 Å². The second-order valence-electron chi connectivity index (χ2n) is 8.11. The van der Waals surface area contributed by atoms with E-state index in [4.69, 9.17) is 13.9 Å².